The number of benzene rings is 2. The van der Waals surface area contributed by atoms with Gasteiger partial charge in [-0.25, -0.2) is 15.0 Å². The summed E-state index contributed by atoms with van der Waals surface area (Å²) in [5.74, 6) is -0.229. The second-order valence-electron chi connectivity index (χ2n) is 6.31. The molecule has 0 aliphatic heterocycles. The van der Waals surface area contributed by atoms with Crippen molar-refractivity contribution in [2.24, 2.45) is 5.10 Å². The molecule has 0 bridgehead atoms. The number of nitrogens with one attached hydrogen (secondary N) is 1. The molecule has 0 fully saturated rings. The molecule has 0 aliphatic rings. The zero-order valence-corrected chi connectivity index (χ0v) is 15.4. The molecule has 0 atom stereocenters. The van der Waals surface area contributed by atoms with Gasteiger partial charge in [0.15, 0.2) is 0 Å². The lowest BCUT2D eigenvalue weighted by molar-refractivity contribution is 0.0529. The van der Waals surface area contributed by atoms with E-state index < -0.39 is 17.7 Å². The Morgan fingerprint density at radius 3 is 2.54 bits per heavy atom. The topological polar surface area (TPSA) is 77.0 Å². The Morgan fingerprint density at radius 1 is 1.12 bits per heavy atom. The molecule has 2 aromatic carbocycles. The molecule has 0 saturated carbocycles. The number of rotatable bonds is 4. The van der Waals surface area contributed by atoms with Crippen molar-refractivity contribution in [3.8, 4) is 5.75 Å². The number of amides is 1. The molecule has 26 heavy (non-hydrogen) atoms. The molecule has 6 nitrogen and oxygen atoms in total. The van der Waals surface area contributed by atoms with E-state index in [0.717, 1.165) is 0 Å². The summed E-state index contributed by atoms with van der Waals surface area (Å²) in [7, 11) is 0. The van der Waals surface area contributed by atoms with Crippen molar-refractivity contribution in [1.82, 2.24) is 5.43 Å². The second-order valence-corrected chi connectivity index (χ2v) is 6.72. The third kappa shape index (κ3) is 6.22. The first kappa shape index (κ1) is 19.5. The van der Waals surface area contributed by atoms with E-state index in [4.69, 9.17) is 21.1 Å². The van der Waals surface area contributed by atoms with E-state index in [1.54, 1.807) is 69.3 Å². The lowest BCUT2D eigenvalue weighted by Gasteiger charge is -2.18. The minimum Gasteiger partial charge on any atom is -0.443 e. The van der Waals surface area contributed by atoms with E-state index in [1.165, 1.54) is 6.21 Å². The minimum absolute atomic E-state index is 0.278. The Kier molecular flexibility index (Phi) is 6.36. The molecule has 0 saturated heterocycles. The van der Waals surface area contributed by atoms with Crippen LogP contribution in [0.25, 0.3) is 0 Å². The first-order valence-electron chi connectivity index (χ1n) is 7.83. The number of hydrogen-bond donors (Lipinski definition) is 1. The highest BCUT2D eigenvalue weighted by atomic mass is 35.5. The number of ether oxygens (including phenoxy) is 2. The van der Waals surface area contributed by atoms with E-state index in [2.05, 4.69) is 10.5 Å². The predicted octanol–water partition coefficient (Wildman–Crippen LogP) is 4.42. The Balaban J connectivity index is 1.99. The average molecular weight is 375 g/mol. The quantitative estimate of drug-likeness (QED) is 0.372. The fraction of sp³-hybridized carbons (Fsp3) is 0.211. The number of hydrazone groups is 1. The van der Waals surface area contributed by atoms with Crippen LogP contribution in [0.15, 0.2) is 53.6 Å². The van der Waals surface area contributed by atoms with Crippen molar-refractivity contribution in [3.63, 3.8) is 0 Å². The monoisotopic (exact) mass is 374 g/mol. The number of halogens is 1. The Labute approximate surface area is 156 Å². The van der Waals surface area contributed by atoms with Crippen LogP contribution in [0.2, 0.25) is 5.02 Å². The number of nitrogens with zero attached hydrogens (tertiary/aromatic N) is 1. The van der Waals surface area contributed by atoms with Gasteiger partial charge in [0.1, 0.15) is 11.4 Å². The molecule has 2 aromatic rings. The maximum Gasteiger partial charge on any atom is 0.428 e. The SMILES string of the molecule is CC(C)(C)OC(=O)N/N=C\c1cccc(OC(=O)c2ccccc2Cl)c1. The molecule has 0 spiro atoms. The Morgan fingerprint density at radius 2 is 1.85 bits per heavy atom. The predicted molar refractivity (Wildman–Crippen MR) is 99.8 cm³/mol. The van der Waals surface area contributed by atoms with Crippen molar-refractivity contribution in [3.05, 3.63) is 64.7 Å². The molecule has 0 aromatic heterocycles. The third-order valence-corrected chi connectivity index (χ3v) is 3.26. The maximum atomic E-state index is 12.2. The van der Waals surface area contributed by atoms with E-state index in [0.29, 0.717) is 16.3 Å². The fourth-order valence-corrected chi connectivity index (χ4v) is 2.12. The standard InChI is InChI=1S/C19H19ClN2O4/c1-19(2,3)26-18(24)22-21-12-13-7-6-8-14(11-13)25-17(23)15-9-4-5-10-16(15)20/h4-12H,1-3H3,(H,22,24)/b21-12-. The summed E-state index contributed by atoms with van der Waals surface area (Å²) < 4.78 is 10.4. The van der Waals surface area contributed by atoms with Gasteiger partial charge in [0.25, 0.3) is 0 Å². The lowest BCUT2D eigenvalue weighted by atomic mass is 10.2. The second kappa shape index (κ2) is 8.49. The summed E-state index contributed by atoms with van der Waals surface area (Å²) in [5, 5.41) is 4.12. The molecular formula is C19H19ClN2O4. The van der Waals surface area contributed by atoms with Gasteiger partial charge < -0.3 is 9.47 Å². The highest BCUT2D eigenvalue weighted by Crippen LogP contribution is 2.19. The van der Waals surface area contributed by atoms with Crippen LogP contribution in [0, 0.1) is 0 Å². The smallest absolute Gasteiger partial charge is 0.428 e. The highest BCUT2D eigenvalue weighted by Gasteiger charge is 2.15. The van der Waals surface area contributed by atoms with Crippen molar-refractivity contribution in [2.45, 2.75) is 26.4 Å². The van der Waals surface area contributed by atoms with Crippen molar-refractivity contribution < 1.29 is 19.1 Å². The van der Waals surface area contributed by atoms with Gasteiger partial charge in [-0.1, -0.05) is 35.9 Å². The highest BCUT2D eigenvalue weighted by molar-refractivity contribution is 6.33. The summed E-state index contributed by atoms with van der Waals surface area (Å²) in [6.07, 6.45) is 0.756. The Bertz CT molecular complexity index is 828. The van der Waals surface area contributed by atoms with Gasteiger partial charge in [-0.2, -0.15) is 5.10 Å². The van der Waals surface area contributed by atoms with Gasteiger partial charge in [-0.15, -0.1) is 0 Å². The summed E-state index contributed by atoms with van der Waals surface area (Å²) in [6, 6.07) is 13.3. The first-order valence-corrected chi connectivity index (χ1v) is 8.21. The number of hydrogen-bond acceptors (Lipinski definition) is 5. The van der Waals surface area contributed by atoms with E-state index in [-0.39, 0.29) is 5.56 Å². The van der Waals surface area contributed by atoms with Crippen molar-refractivity contribution in [2.75, 3.05) is 0 Å². The van der Waals surface area contributed by atoms with Crippen molar-refractivity contribution >= 4 is 29.9 Å². The molecule has 0 heterocycles. The molecule has 136 valence electrons. The van der Waals surface area contributed by atoms with E-state index in [9.17, 15) is 9.59 Å². The fourth-order valence-electron chi connectivity index (χ4n) is 1.91. The van der Waals surface area contributed by atoms with Crippen LogP contribution in [-0.2, 0) is 4.74 Å². The van der Waals surface area contributed by atoms with Gasteiger partial charge in [-0.05, 0) is 50.6 Å². The van der Waals surface area contributed by atoms with Crippen LogP contribution in [0.4, 0.5) is 4.79 Å². The Hall–Kier alpha value is -2.86. The van der Waals surface area contributed by atoms with E-state index >= 15 is 0 Å². The van der Waals surface area contributed by atoms with Crippen LogP contribution < -0.4 is 10.2 Å². The zero-order valence-electron chi connectivity index (χ0n) is 14.7. The number of carbonyl (C=O) groups excluding carboxylic acids is 2. The zero-order chi connectivity index (χ0) is 19.2. The van der Waals surface area contributed by atoms with E-state index in [1.807, 2.05) is 0 Å². The van der Waals surface area contributed by atoms with Gasteiger partial charge in [0.05, 0.1) is 16.8 Å². The normalized spacial score (nSPS) is 11.2. The molecule has 0 aliphatic carbocycles. The molecule has 2 rings (SSSR count). The summed E-state index contributed by atoms with van der Waals surface area (Å²) in [4.78, 5) is 23.7. The average Bonchev–Trinajstić information content (AvgIpc) is 2.54. The van der Waals surface area contributed by atoms with Gasteiger partial charge in [0.2, 0.25) is 0 Å². The van der Waals surface area contributed by atoms with Crippen LogP contribution in [0.5, 0.6) is 5.75 Å². The molecule has 1 N–H and O–H groups in total. The van der Waals surface area contributed by atoms with Gasteiger partial charge >= 0.3 is 12.1 Å². The molecule has 1 amide bonds. The molecule has 0 radical (unpaired) electrons. The van der Waals surface area contributed by atoms with Crippen LogP contribution >= 0.6 is 11.6 Å². The third-order valence-electron chi connectivity index (χ3n) is 2.93. The molecular weight excluding hydrogens is 356 g/mol. The van der Waals surface area contributed by atoms with Gasteiger partial charge in [-0.3, -0.25) is 0 Å². The molecule has 0 unspecified atom stereocenters. The van der Waals surface area contributed by atoms with Crippen LogP contribution in [0.1, 0.15) is 36.7 Å². The molecule has 7 heteroatoms. The maximum absolute atomic E-state index is 12.2. The number of esters is 1. The van der Waals surface area contributed by atoms with Gasteiger partial charge in [0, 0.05) is 0 Å². The largest absolute Gasteiger partial charge is 0.443 e. The summed E-state index contributed by atoms with van der Waals surface area (Å²) in [5.41, 5.74) is 2.57. The first-order chi connectivity index (χ1) is 12.2. The lowest BCUT2D eigenvalue weighted by Crippen LogP contribution is -2.29. The summed E-state index contributed by atoms with van der Waals surface area (Å²) >= 11 is 5.99. The van der Waals surface area contributed by atoms with Crippen LogP contribution in [-0.4, -0.2) is 23.9 Å². The van der Waals surface area contributed by atoms with Crippen molar-refractivity contribution in [1.29, 1.82) is 0 Å². The summed E-state index contributed by atoms with van der Waals surface area (Å²) in [6.45, 7) is 5.27. The van der Waals surface area contributed by atoms with Crippen LogP contribution in [0.3, 0.4) is 0 Å². The number of carbonyl (C=O) groups is 2. The minimum atomic E-state index is -0.657.